The van der Waals surface area contributed by atoms with Gasteiger partial charge in [0.1, 0.15) is 5.15 Å². The van der Waals surface area contributed by atoms with Crippen LogP contribution >= 0.6 is 11.6 Å². The van der Waals surface area contributed by atoms with Crippen molar-refractivity contribution in [1.29, 1.82) is 0 Å². The maximum absolute atomic E-state index is 12.6. The van der Waals surface area contributed by atoms with Gasteiger partial charge < -0.3 is 9.64 Å². The maximum atomic E-state index is 12.6. The summed E-state index contributed by atoms with van der Waals surface area (Å²) in [7, 11) is 0. The van der Waals surface area contributed by atoms with E-state index in [1.165, 1.54) is 0 Å². The van der Waals surface area contributed by atoms with Gasteiger partial charge in [-0.25, -0.2) is 4.98 Å². The second kappa shape index (κ2) is 6.10. The summed E-state index contributed by atoms with van der Waals surface area (Å²) in [5.41, 5.74) is 1.45. The molecule has 20 heavy (non-hydrogen) atoms. The smallest absolute Gasteiger partial charge is 0.254 e. The molecular formula is C15H21ClN2O2. The fourth-order valence-electron chi connectivity index (χ4n) is 2.46. The predicted molar refractivity (Wildman–Crippen MR) is 79.2 cm³/mol. The molecule has 1 fully saturated rings. The van der Waals surface area contributed by atoms with Crippen LogP contribution in [0.2, 0.25) is 5.15 Å². The first-order valence-corrected chi connectivity index (χ1v) is 7.37. The van der Waals surface area contributed by atoms with Gasteiger partial charge in [0, 0.05) is 24.3 Å². The summed E-state index contributed by atoms with van der Waals surface area (Å²) in [5, 5.41) is 0.369. The lowest BCUT2D eigenvalue weighted by molar-refractivity contribution is -0.0586. The summed E-state index contributed by atoms with van der Waals surface area (Å²) < 4.78 is 5.66. The SMILES string of the molecule is CC1CN(C(=O)c2cc(Cl)nc(C(C)C)c2)CC(C)O1. The Bertz CT molecular complexity index is 495. The van der Waals surface area contributed by atoms with Crippen molar-refractivity contribution in [2.24, 2.45) is 0 Å². The van der Waals surface area contributed by atoms with E-state index in [1.54, 1.807) is 6.07 Å². The topological polar surface area (TPSA) is 42.4 Å². The number of hydrogen-bond donors (Lipinski definition) is 0. The van der Waals surface area contributed by atoms with E-state index in [4.69, 9.17) is 16.3 Å². The van der Waals surface area contributed by atoms with Crippen molar-refractivity contribution in [3.8, 4) is 0 Å². The van der Waals surface area contributed by atoms with Crippen LogP contribution in [0.4, 0.5) is 0 Å². The second-order valence-corrected chi connectivity index (χ2v) is 6.11. The average Bonchev–Trinajstić information content (AvgIpc) is 2.35. The molecule has 0 aliphatic carbocycles. The van der Waals surface area contributed by atoms with Crippen molar-refractivity contribution in [2.45, 2.75) is 45.8 Å². The molecule has 1 aliphatic heterocycles. The van der Waals surface area contributed by atoms with Gasteiger partial charge in [-0.05, 0) is 31.9 Å². The van der Waals surface area contributed by atoms with Crippen molar-refractivity contribution < 1.29 is 9.53 Å². The van der Waals surface area contributed by atoms with Gasteiger partial charge in [-0.3, -0.25) is 4.79 Å². The molecule has 0 bridgehead atoms. The van der Waals surface area contributed by atoms with Gasteiger partial charge in [-0.2, -0.15) is 0 Å². The highest BCUT2D eigenvalue weighted by atomic mass is 35.5. The summed E-state index contributed by atoms with van der Waals surface area (Å²) >= 11 is 6.03. The van der Waals surface area contributed by atoms with E-state index in [0.717, 1.165) is 5.69 Å². The third-order valence-electron chi connectivity index (χ3n) is 3.36. The Labute approximate surface area is 125 Å². The molecule has 110 valence electrons. The van der Waals surface area contributed by atoms with Crippen molar-refractivity contribution in [3.63, 3.8) is 0 Å². The van der Waals surface area contributed by atoms with Crippen molar-refractivity contribution >= 4 is 17.5 Å². The van der Waals surface area contributed by atoms with E-state index >= 15 is 0 Å². The van der Waals surface area contributed by atoms with Crippen LogP contribution in [0, 0.1) is 0 Å². The van der Waals surface area contributed by atoms with Gasteiger partial charge in [0.25, 0.3) is 5.91 Å². The maximum Gasteiger partial charge on any atom is 0.254 e. The van der Waals surface area contributed by atoms with E-state index in [9.17, 15) is 4.79 Å². The van der Waals surface area contributed by atoms with Crippen LogP contribution in [0.15, 0.2) is 12.1 Å². The molecule has 2 heterocycles. The number of hydrogen-bond acceptors (Lipinski definition) is 3. The molecule has 1 amide bonds. The fourth-order valence-corrected chi connectivity index (χ4v) is 2.68. The Morgan fingerprint density at radius 1 is 1.35 bits per heavy atom. The zero-order valence-corrected chi connectivity index (χ0v) is 13.1. The van der Waals surface area contributed by atoms with E-state index in [2.05, 4.69) is 4.98 Å². The first-order valence-electron chi connectivity index (χ1n) is 6.99. The number of nitrogens with zero attached hydrogens (tertiary/aromatic N) is 2. The van der Waals surface area contributed by atoms with Crippen LogP contribution in [-0.2, 0) is 4.74 Å². The summed E-state index contributed by atoms with van der Waals surface area (Å²) in [4.78, 5) is 18.7. The Morgan fingerprint density at radius 2 is 1.95 bits per heavy atom. The van der Waals surface area contributed by atoms with Crippen LogP contribution in [0.25, 0.3) is 0 Å². The van der Waals surface area contributed by atoms with Gasteiger partial charge in [0.2, 0.25) is 0 Å². The zero-order chi connectivity index (χ0) is 14.9. The Kier molecular flexibility index (Phi) is 4.66. The first kappa shape index (κ1) is 15.3. The number of pyridine rings is 1. The normalized spacial score (nSPS) is 23.2. The van der Waals surface area contributed by atoms with Crippen LogP contribution < -0.4 is 0 Å². The monoisotopic (exact) mass is 296 g/mol. The molecule has 4 nitrogen and oxygen atoms in total. The summed E-state index contributed by atoms with van der Waals surface area (Å²) in [6.07, 6.45) is 0.120. The Hall–Kier alpha value is -1.13. The van der Waals surface area contributed by atoms with Gasteiger partial charge in [0.15, 0.2) is 0 Å². The number of aromatic nitrogens is 1. The molecule has 0 spiro atoms. The van der Waals surface area contributed by atoms with E-state index in [-0.39, 0.29) is 24.0 Å². The van der Waals surface area contributed by atoms with Gasteiger partial charge in [-0.1, -0.05) is 25.4 Å². The van der Waals surface area contributed by atoms with E-state index < -0.39 is 0 Å². The summed E-state index contributed by atoms with van der Waals surface area (Å²) in [6, 6.07) is 3.48. The zero-order valence-electron chi connectivity index (χ0n) is 12.4. The quantitative estimate of drug-likeness (QED) is 0.788. The lowest BCUT2D eigenvalue weighted by Gasteiger charge is -2.35. The number of amides is 1. The molecule has 1 aromatic rings. The third kappa shape index (κ3) is 3.49. The third-order valence-corrected chi connectivity index (χ3v) is 3.55. The number of ether oxygens (including phenoxy) is 1. The second-order valence-electron chi connectivity index (χ2n) is 5.73. The molecule has 2 unspecified atom stereocenters. The number of morpholine rings is 1. The van der Waals surface area contributed by atoms with Gasteiger partial charge in [-0.15, -0.1) is 0 Å². The van der Waals surface area contributed by atoms with Crippen LogP contribution in [0.5, 0.6) is 0 Å². The molecule has 1 aliphatic rings. The highest BCUT2D eigenvalue weighted by molar-refractivity contribution is 6.29. The number of carbonyl (C=O) groups excluding carboxylic acids is 1. The molecule has 0 radical (unpaired) electrons. The highest BCUT2D eigenvalue weighted by Crippen LogP contribution is 2.20. The van der Waals surface area contributed by atoms with Crippen molar-refractivity contribution in [1.82, 2.24) is 9.88 Å². The fraction of sp³-hybridized carbons (Fsp3) is 0.600. The minimum absolute atomic E-state index is 0.00167. The molecule has 0 N–H and O–H groups in total. The molecule has 2 rings (SSSR count). The molecule has 2 atom stereocenters. The molecule has 1 aromatic heterocycles. The number of halogens is 1. The van der Waals surface area contributed by atoms with E-state index in [1.807, 2.05) is 38.7 Å². The van der Waals surface area contributed by atoms with E-state index in [0.29, 0.717) is 23.8 Å². The molecule has 0 saturated carbocycles. The largest absolute Gasteiger partial charge is 0.372 e. The molecule has 0 aromatic carbocycles. The lowest BCUT2D eigenvalue weighted by Crippen LogP contribution is -2.48. The highest BCUT2D eigenvalue weighted by Gasteiger charge is 2.27. The van der Waals surface area contributed by atoms with Crippen LogP contribution in [0.1, 0.15) is 49.7 Å². The molecule has 5 heteroatoms. The minimum atomic E-state index is -0.00167. The minimum Gasteiger partial charge on any atom is -0.372 e. The van der Waals surface area contributed by atoms with Crippen molar-refractivity contribution in [3.05, 3.63) is 28.5 Å². The molecule has 1 saturated heterocycles. The van der Waals surface area contributed by atoms with Crippen LogP contribution in [0.3, 0.4) is 0 Å². The average molecular weight is 297 g/mol. The number of rotatable bonds is 2. The number of carbonyl (C=O) groups is 1. The predicted octanol–water partition coefficient (Wildman–Crippen LogP) is 3.11. The van der Waals surface area contributed by atoms with Crippen LogP contribution in [-0.4, -0.2) is 41.1 Å². The Balaban J connectivity index is 2.24. The van der Waals surface area contributed by atoms with Gasteiger partial charge >= 0.3 is 0 Å². The Morgan fingerprint density at radius 3 is 2.50 bits per heavy atom. The lowest BCUT2D eigenvalue weighted by atomic mass is 10.1. The molecular weight excluding hydrogens is 276 g/mol. The summed E-state index contributed by atoms with van der Waals surface area (Å²) in [6.45, 7) is 9.25. The first-order chi connectivity index (χ1) is 9.36. The summed E-state index contributed by atoms with van der Waals surface area (Å²) in [5.74, 6) is 0.237. The van der Waals surface area contributed by atoms with Crippen molar-refractivity contribution in [2.75, 3.05) is 13.1 Å². The van der Waals surface area contributed by atoms with Gasteiger partial charge in [0.05, 0.1) is 12.2 Å². The standard InChI is InChI=1S/C15H21ClN2O2/c1-9(2)13-5-12(6-14(16)17-13)15(19)18-7-10(3)20-11(4)8-18/h5-6,9-11H,7-8H2,1-4H3.